The van der Waals surface area contributed by atoms with Crippen LogP contribution in [0.2, 0.25) is 0 Å². The fraction of sp³-hybridized carbons (Fsp3) is 0.750. The van der Waals surface area contributed by atoms with Crippen LogP contribution in [0.1, 0.15) is 112 Å². The van der Waals surface area contributed by atoms with Gasteiger partial charge in [-0.05, 0) is 51.4 Å². The van der Waals surface area contributed by atoms with Gasteiger partial charge in [-0.25, -0.2) is 0 Å². The molecule has 0 spiro atoms. The number of hydrogen-bond acceptors (Lipinski definition) is 0. The van der Waals surface area contributed by atoms with Crippen LogP contribution in [0.25, 0.3) is 0 Å². The van der Waals surface area contributed by atoms with Gasteiger partial charge in [0.2, 0.25) is 0 Å². The Bertz CT molecular complexity index is 262. The lowest BCUT2D eigenvalue weighted by Crippen LogP contribution is -2.01. The Hall–Kier alpha value is -0.960. The van der Waals surface area contributed by atoms with Crippen LogP contribution in [0, 0.1) is 22.7 Å². The Labute approximate surface area is 159 Å². The first-order chi connectivity index (χ1) is 9.04. The van der Waals surface area contributed by atoms with E-state index in [2.05, 4.69) is 91.5 Å². The molecule has 150 valence electrons. The van der Waals surface area contributed by atoms with E-state index in [0.717, 1.165) is 0 Å². The molecule has 0 aliphatic heterocycles. The van der Waals surface area contributed by atoms with Crippen LogP contribution in [-0.4, -0.2) is 0 Å². The van der Waals surface area contributed by atoms with Crippen LogP contribution < -0.4 is 0 Å². The molecule has 0 aliphatic rings. The van der Waals surface area contributed by atoms with Crippen molar-refractivity contribution in [3.05, 3.63) is 24.3 Å². The van der Waals surface area contributed by atoms with Gasteiger partial charge in [0.15, 0.2) is 0 Å². The van der Waals surface area contributed by atoms with Crippen molar-refractivity contribution in [1.82, 2.24) is 0 Å². The molecule has 0 N–H and O–H groups in total. The molecule has 0 saturated heterocycles. The van der Waals surface area contributed by atoms with Gasteiger partial charge in [0.05, 0.1) is 0 Å². The Kier molecular flexibility index (Phi) is 48.8. The molecule has 0 nitrogen and oxygen atoms in total. The van der Waals surface area contributed by atoms with Crippen molar-refractivity contribution in [1.29, 1.82) is 0 Å². The summed E-state index contributed by atoms with van der Waals surface area (Å²) >= 11 is 0. The highest BCUT2D eigenvalue weighted by atomic mass is 14.1. The summed E-state index contributed by atoms with van der Waals surface area (Å²) in [6.45, 7) is 21.2. The van der Waals surface area contributed by atoms with E-state index in [1.807, 2.05) is 13.8 Å². The van der Waals surface area contributed by atoms with Gasteiger partial charge in [-0.2, -0.15) is 0 Å². The number of rotatable bonds is 2. The maximum absolute atomic E-state index is 2.68. The minimum Gasteiger partial charge on any atom is -0.107 e. The average Bonchev–Trinajstić information content (AvgIpc) is 2.33. The van der Waals surface area contributed by atoms with E-state index in [1.165, 1.54) is 12.8 Å². The van der Waals surface area contributed by atoms with Gasteiger partial charge in [-0.3, -0.25) is 0 Å². The summed E-state index contributed by atoms with van der Waals surface area (Å²) in [5.74, 6) is 5.36. The van der Waals surface area contributed by atoms with E-state index in [0.29, 0.717) is 10.8 Å². The van der Waals surface area contributed by atoms with Crippen molar-refractivity contribution >= 4 is 0 Å². The van der Waals surface area contributed by atoms with Crippen LogP contribution in [0.3, 0.4) is 0 Å². The lowest BCUT2D eigenvalue weighted by atomic mass is 9.92. The standard InChI is InChI=1S/2C8H16.C4H6.4CH4/c2*1-5-6-7-8(2,3)4;1-3-4-2;;;;/h2*5-6H,7H2,1-4H3;1-2H3;4*1H4/b6-5+;6-5-;;;;;. The largest absolute Gasteiger partial charge is 0.107 e. The molecule has 24 heavy (non-hydrogen) atoms. The fourth-order valence-electron chi connectivity index (χ4n) is 0.943. The first-order valence-corrected chi connectivity index (χ1v) is 7.59. The van der Waals surface area contributed by atoms with Crippen molar-refractivity contribution in [3.8, 4) is 11.8 Å². The van der Waals surface area contributed by atoms with Crippen molar-refractivity contribution < 1.29 is 0 Å². The van der Waals surface area contributed by atoms with Gasteiger partial charge < -0.3 is 0 Å². The maximum Gasteiger partial charge on any atom is -0.00271 e. The average molecular weight is 343 g/mol. The van der Waals surface area contributed by atoms with Crippen LogP contribution >= 0.6 is 0 Å². The predicted octanol–water partition coefficient (Wildman–Crippen LogP) is 9.57. The first-order valence-electron chi connectivity index (χ1n) is 7.59. The van der Waals surface area contributed by atoms with Gasteiger partial charge >= 0.3 is 0 Å². The molecule has 0 bridgehead atoms. The molecule has 0 aliphatic carbocycles. The van der Waals surface area contributed by atoms with E-state index in [1.54, 1.807) is 0 Å². The summed E-state index contributed by atoms with van der Waals surface area (Å²) in [6, 6.07) is 0. The highest BCUT2D eigenvalue weighted by molar-refractivity contribution is 4.89. The maximum atomic E-state index is 2.68. The summed E-state index contributed by atoms with van der Waals surface area (Å²) in [4.78, 5) is 0. The Morgan fingerprint density at radius 1 is 0.583 bits per heavy atom. The molecular formula is C24H54. The van der Waals surface area contributed by atoms with Crippen molar-refractivity contribution in [2.75, 3.05) is 0 Å². The zero-order valence-electron chi connectivity index (χ0n) is 15.7. The molecule has 0 unspecified atom stereocenters. The summed E-state index contributed by atoms with van der Waals surface area (Å²) < 4.78 is 0. The summed E-state index contributed by atoms with van der Waals surface area (Å²) in [7, 11) is 0. The summed E-state index contributed by atoms with van der Waals surface area (Å²) in [5.41, 5.74) is 0.930. The molecule has 0 saturated carbocycles. The van der Waals surface area contributed by atoms with Crippen LogP contribution in [-0.2, 0) is 0 Å². The third-order valence-electron chi connectivity index (χ3n) is 2.18. The minimum atomic E-state index is 0. The quantitative estimate of drug-likeness (QED) is 0.346. The van der Waals surface area contributed by atoms with Crippen molar-refractivity contribution in [3.63, 3.8) is 0 Å². The lowest BCUT2D eigenvalue weighted by molar-refractivity contribution is 0.420. The molecule has 0 amide bonds. The summed E-state index contributed by atoms with van der Waals surface area (Å²) in [6.07, 6.45) is 11.0. The van der Waals surface area contributed by atoms with Crippen LogP contribution in [0.4, 0.5) is 0 Å². The number of allylic oxidation sites excluding steroid dienone is 4. The molecule has 0 aromatic carbocycles. The molecule has 0 heteroatoms. The van der Waals surface area contributed by atoms with E-state index < -0.39 is 0 Å². The minimum absolute atomic E-state index is 0. The molecule has 0 atom stereocenters. The lowest BCUT2D eigenvalue weighted by Gasteiger charge is -2.13. The molecule has 0 aromatic rings. The van der Waals surface area contributed by atoms with Gasteiger partial charge in [0, 0.05) is 0 Å². The van der Waals surface area contributed by atoms with Crippen molar-refractivity contribution in [2.45, 2.75) is 112 Å². The third-order valence-corrected chi connectivity index (χ3v) is 2.18. The fourth-order valence-corrected chi connectivity index (χ4v) is 0.943. The SMILES string of the molecule is C.C.C.C.C/C=C/CC(C)(C)C.C/C=C\CC(C)(C)C.CC#CC. The molecule has 0 rings (SSSR count). The second kappa shape index (κ2) is 26.9. The molecule has 0 heterocycles. The predicted molar refractivity (Wildman–Crippen MR) is 124 cm³/mol. The molecular weight excluding hydrogens is 288 g/mol. The van der Waals surface area contributed by atoms with Crippen LogP contribution in [0.15, 0.2) is 24.3 Å². The normalized spacial score (nSPS) is 9.25. The van der Waals surface area contributed by atoms with E-state index >= 15 is 0 Å². The Morgan fingerprint density at radius 3 is 0.833 bits per heavy atom. The molecule has 0 radical (unpaired) electrons. The smallest absolute Gasteiger partial charge is 0.00271 e. The zero-order valence-corrected chi connectivity index (χ0v) is 15.7. The summed E-state index contributed by atoms with van der Waals surface area (Å²) in [5, 5.41) is 0. The Morgan fingerprint density at radius 2 is 0.792 bits per heavy atom. The topological polar surface area (TPSA) is 0 Å². The van der Waals surface area contributed by atoms with Gasteiger partial charge in [0.1, 0.15) is 0 Å². The van der Waals surface area contributed by atoms with Crippen molar-refractivity contribution in [2.24, 2.45) is 10.8 Å². The highest BCUT2D eigenvalue weighted by Gasteiger charge is 2.05. The monoisotopic (exact) mass is 342 g/mol. The van der Waals surface area contributed by atoms with Gasteiger partial charge in [-0.1, -0.05) is 95.6 Å². The Balaban J connectivity index is -0.0000000348. The second-order valence-electron chi connectivity index (χ2n) is 7.17. The van der Waals surface area contributed by atoms with E-state index in [4.69, 9.17) is 0 Å². The van der Waals surface area contributed by atoms with E-state index in [9.17, 15) is 0 Å². The van der Waals surface area contributed by atoms with Gasteiger partial charge in [-0.15, -0.1) is 11.8 Å². The molecule has 0 fully saturated rings. The van der Waals surface area contributed by atoms with E-state index in [-0.39, 0.29) is 29.7 Å². The van der Waals surface area contributed by atoms with Crippen LogP contribution in [0.5, 0.6) is 0 Å². The molecule has 0 aromatic heterocycles. The first kappa shape index (κ1) is 43.5. The van der Waals surface area contributed by atoms with Gasteiger partial charge in [0.25, 0.3) is 0 Å². The highest BCUT2D eigenvalue weighted by Crippen LogP contribution is 2.18. The zero-order chi connectivity index (χ0) is 16.7. The number of hydrogen-bond donors (Lipinski definition) is 0. The third kappa shape index (κ3) is 83.8. The second-order valence-corrected chi connectivity index (χ2v) is 7.17.